The summed E-state index contributed by atoms with van der Waals surface area (Å²) in [6.07, 6.45) is 2.37. The number of halogens is 1. The molecule has 0 heterocycles. The summed E-state index contributed by atoms with van der Waals surface area (Å²) in [6.45, 7) is 6.89. The molecule has 0 fully saturated rings. The van der Waals surface area contributed by atoms with E-state index in [2.05, 4.69) is 52.9 Å². The molecule has 0 aliphatic heterocycles. The highest BCUT2D eigenvalue weighted by Gasteiger charge is 2.22. The molecule has 1 aliphatic rings. The van der Waals surface area contributed by atoms with Crippen LogP contribution in [0.3, 0.4) is 0 Å². The number of nitrogens with one attached hydrogen (secondary N) is 1. The van der Waals surface area contributed by atoms with Gasteiger partial charge < -0.3 is 5.32 Å². The summed E-state index contributed by atoms with van der Waals surface area (Å²) in [5, 5.41) is 3.54. The zero-order chi connectivity index (χ0) is 10.8. The highest BCUT2D eigenvalue weighted by atomic mass is 79.9. The number of hydrogen-bond donors (Lipinski definition) is 1. The van der Waals surface area contributed by atoms with E-state index in [1.165, 1.54) is 34.0 Å². The van der Waals surface area contributed by atoms with E-state index in [0.29, 0.717) is 6.04 Å². The fourth-order valence-corrected chi connectivity index (χ4v) is 2.70. The Kier molecular flexibility index (Phi) is 3.27. The summed E-state index contributed by atoms with van der Waals surface area (Å²) in [5.41, 5.74) is 4.11. The maximum Gasteiger partial charge on any atom is 0.0329 e. The van der Waals surface area contributed by atoms with Crippen LogP contribution in [-0.2, 0) is 6.42 Å². The van der Waals surface area contributed by atoms with Gasteiger partial charge in [-0.1, -0.05) is 40.2 Å². The molecule has 1 nitrogen and oxygen atoms in total. The van der Waals surface area contributed by atoms with Gasteiger partial charge in [-0.3, -0.25) is 0 Å². The number of fused-ring (bicyclic) bond motifs is 1. The molecule has 80 valence electrons. The van der Waals surface area contributed by atoms with Gasteiger partial charge in [0, 0.05) is 17.1 Å². The van der Waals surface area contributed by atoms with Gasteiger partial charge in [0.2, 0.25) is 0 Å². The van der Waals surface area contributed by atoms with Crippen LogP contribution >= 0.6 is 15.9 Å². The summed E-state index contributed by atoms with van der Waals surface area (Å²) in [4.78, 5) is 0. The molecule has 1 atom stereocenters. The molecule has 2 heteroatoms. The lowest BCUT2D eigenvalue weighted by Gasteiger charge is -2.14. The third-order valence-corrected chi connectivity index (χ3v) is 3.61. The van der Waals surface area contributed by atoms with Crippen LogP contribution < -0.4 is 5.32 Å². The molecule has 0 radical (unpaired) electrons. The average molecular weight is 266 g/mol. The van der Waals surface area contributed by atoms with Gasteiger partial charge in [0.15, 0.2) is 0 Å². The molecule has 15 heavy (non-hydrogen) atoms. The molecule has 0 amide bonds. The first kappa shape index (κ1) is 10.9. The van der Waals surface area contributed by atoms with E-state index >= 15 is 0 Å². The lowest BCUT2D eigenvalue weighted by molar-refractivity contribution is 0.557. The highest BCUT2D eigenvalue weighted by molar-refractivity contribution is 9.10. The van der Waals surface area contributed by atoms with Crippen LogP contribution in [0.5, 0.6) is 0 Å². The quantitative estimate of drug-likeness (QED) is 0.824. The first-order valence-corrected chi connectivity index (χ1v) is 6.13. The van der Waals surface area contributed by atoms with Gasteiger partial charge in [-0.2, -0.15) is 0 Å². The molecule has 0 spiro atoms. The molecular formula is C13H16BrN. The van der Waals surface area contributed by atoms with Gasteiger partial charge in [0.25, 0.3) is 0 Å². The predicted octanol–water partition coefficient (Wildman–Crippen LogP) is 3.60. The van der Waals surface area contributed by atoms with E-state index in [1.807, 2.05) is 0 Å². The van der Waals surface area contributed by atoms with Crippen molar-refractivity contribution in [3.8, 4) is 0 Å². The van der Waals surface area contributed by atoms with E-state index in [4.69, 9.17) is 0 Å². The monoisotopic (exact) mass is 265 g/mol. The Morgan fingerprint density at radius 3 is 3.13 bits per heavy atom. The average Bonchev–Trinajstić information content (AvgIpc) is 2.59. The second kappa shape index (κ2) is 4.50. The van der Waals surface area contributed by atoms with Crippen LogP contribution in [0.25, 0.3) is 0 Å². The van der Waals surface area contributed by atoms with Crippen molar-refractivity contribution in [3.05, 3.63) is 46.0 Å². The van der Waals surface area contributed by atoms with Crippen LogP contribution in [0.2, 0.25) is 0 Å². The van der Waals surface area contributed by atoms with Gasteiger partial charge >= 0.3 is 0 Å². The third-order valence-electron chi connectivity index (χ3n) is 2.86. The zero-order valence-electron chi connectivity index (χ0n) is 9.02. The molecule has 1 N–H and O–H groups in total. The summed E-state index contributed by atoms with van der Waals surface area (Å²) < 4.78 is 1.25. The Morgan fingerprint density at radius 2 is 2.40 bits per heavy atom. The molecular weight excluding hydrogens is 250 g/mol. The summed E-state index contributed by atoms with van der Waals surface area (Å²) in [6, 6.07) is 6.97. The number of rotatable bonds is 3. The van der Waals surface area contributed by atoms with Crippen molar-refractivity contribution in [2.45, 2.75) is 25.8 Å². The summed E-state index contributed by atoms with van der Waals surface area (Å²) in [5.74, 6) is 0. The fraction of sp³-hybridized carbons (Fsp3) is 0.385. The van der Waals surface area contributed by atoms with Crippen LogP contribution in [0.15, 0.2) is 34.8 Å². The van der Waals surface area contributed by atoms with Crippen molar-refractivity contribution in [1.29, 1.82) is 0 Å². The predicted molar refractivity (Wildman–Crippen MR) is 68.0 cm³/mol. The van der Waals surface area contributed by atoms with Crippen LogP contribution in [-0.4, -0.2) is 6.54 Å². The molecule has 1 aromatic carbocycles. The van der Waals surface area contributed by atoms with Gasteiger partial charge in [-0.15, -0.1) is 0 Å². The van der Waals surface area contributed by atoms with Crippen LogP contribution in [0, 0.1) is 0 Å². The minimum absolute atomic E-state index is 0.509. The van der Waals surface area contributed by atoms with E-state index in [0.717, 1.165) is 6.54 Å². The lowest BCUT2D eigenvalue weighted by atomic mass is 10.1. The minimum Gasteiger partial charge on any atom is -0.306 e. The molecule has 2 rings (SSSR count). The SMILES string of the molecule is C=C(C)CNC1CCc2c(Br)cccc21. The first-order chi connectivity index (χ1) is 7.18. The van der Waals surface area contributed by atoms with Crippen molar-refractivity contribution in [1.82, 2.24) is 5.32 Å². The Balaban J connectivity index is 2.14. The maximum absolute atomic E-state index is 3.92. The van der Waals surface area contributed by atoms with Crippen LogP contribution in [0.4, 0.5) is 0 Å². The van der Waals surface area contributed by atoms with Gasteiger partial charge in [-0.25, -0.2) is 0 Å². The van der Waals surface area contributed by atoms with Gasteiger partial charge in [0.05, 0.1) is 0 Å². The molecule has 0 bridgehead atoms. The Morgan fingerprint density at radius 1 is 1.60 bits per heavy atom. The third kappa shape index (κ3) is 2.32. The van der Waals surface area contributed by atoms with E-state index < -0.39 is 0 Å². The highest BCUT2D eigenvalue weighted by Crippen LogP contribution is 2.35. The molecule has 0 saturated carbocycles. The van der Waals surface area contributed by atoms with Gasteiger partial charge in [0.1, 0.15) is 0 Å². The molecule has 0 saturated heterocycles. The lowest BCUT2D eigenvalue weighted by Crippen LogP contribution is -2.20. The van der Waals surface area contributed by atoms with Crippen molar-refractivity contribution in [3.63, 3.8) is 0 Å². The normalized spacial score (nSPS) is 18.9. The minimum atomic E-state index is 0.509. The summed E-state index contributed by atoms with van der Waals surface area (Å²) in [7, 11) is 0. The topological polar surface area (TPSA) is 12.0 Å². The van der Waals surface area contributed by atoms with Crippen molar-refractivity contribution in [2.24, 2.45) is 0 Å². The van der Waals surface area contributed by atoms with E-state index in [1.54, 1.807) is 0 Å². The van der Waals surface area contributed by atoms with E-state index in [-0.39, 0.29) is 0 Å². The molecule has 1 aromatic rings. The van der Waals surface area contributed by atoms with Gasteiger partial charge in [-0.05, 0) is 37.0 Å². The summed E-state index contributed by atoms with van der Waals surface area (Å²) >= 11 is 3.61. The molecule has 1 aliphatic carbocycles. The largest absolute Gasteiger partial charge is 0.306 e. The van der Waals surface area contributed by atoms with Crippen molar-refractivity contribution in [2.75, 3.05) is 6.54 Å². The smallest absolute Gasteiger partial charge is 0.0329 e. The second-order valence-corrected chi connectivity index (χ2v) is 5.09. The van der Waals surface area contributed by atoms with E-state index in [9.17, 15) is 0 Å². The zero-order valence-corrected chi connectivity index (χ0v) is 10.6. The molecule has 0 aromatic heterocycles. The standard InChI is InChI=1S/C13H16BrN/c1-9(2)8-15-13-7-6-10-11(13)4-3-5-12(10)14/h3-5,13,15H,1,6-8H2,2H3. The molecule has 1 unspecified atom stereocenters. The Hall–Kier alpha value is -0.600. The van der Waals surface area contributed by atoms with Crippen molar-refractivity contribution >= 4 is 15.9 Å². The Labute approximate surface area is 99.7 Å². The van der Waals surface area contributed by atoms with Crippen molar-refractivity contribution < 1.29 is 0 Å². The number of hydrogen-bond acceptors (Lipinski definition) is 1. The fourth-order valence-electron chi connectivity index (χ4n) is 2.12. The second-order valence-electron chi connectivity index (χ2n) is 4.24. The number of benzene rings is 1. The Bertz CT molecular complexity index is 384. The van der Waals surface area contributed by atoms with Crippen LogP contribution in [0.1, 0.15) is 30.5 Å². The first-order valence-electron chi connectivity index (χ1n) is 5.33. The maximum atomic E-state index is 3.92.